The van der Waals surface area contributed by atoms with Crippen LogP contribution in [0.25, 0.3) is 0 Å². The fourth-order valence-corrected chi connectivity index (χ4v) is 8.47. The quantitative estimate of drug-likeness (QED) is 0.565. The summed E-state index contributed by atoms with van der Waals surface area (Å²) in [7, 11) is -3.71. The third-order valence-electron chi connectivity index (χ3n) is 8.80. The summed E-state index contributed by atoms with van der Waals surface area (Å²) in [6, 6.07) is 15.0. The zero-order valence-electron chi connectivity index (χ0n) is 21.0. The SMILES string of the molecule is CC12CC[C@H](C1)C(C)(C)C2NC(=O)c1ccc(NCc2ccccc2)c(S(=O)(=O)N2CCCC2)c1. The van der Waals surface area contributed by atoms with Gasteiger partial charge in [-0.15, -0.1) is 0 Å². The van der Waals surface area contributed by atoms with Crippen molar-refractivity contribution < 1.29 is 13.2 Å². The van der Waals surface area contributed by atoms with Gasteiger partial charge in [0.15, 0.2) is 0 Å². The number of carbonyl (C=O) groups is 1. The van der Waals surface area contributed by atoms with E-state index in [-0.39, 0.29) is 27.7 Å². The van der Waals surface area contributed by atoms with Crippen molar-refractivity contribution in [3.63, 3.8) is 0 Å². The van der Waals surface area contributed by atoms with E-state index in [2.05, 4.69) is 31.4 Å². The lowest BCUT2D eigenvalue weighted by atomic mass is 9.68. The molecule has 0 radical (unpaired) electrons. The molecule has 2 aromatic carbocycles. The van der Waals surface area contributed by atoms with Gasteiger partial charge < -0.3 is 10.6 Å². The first kappa shape index (κ1) is 24.3. The van der Waals surface area contributed by atoms with Crippen molar-refractivity contribution >= 4 is 21.6 Å². The Morgan fingerprint density at radius 3 is 2.43 bits per heavy atom. The number of carbonyl (C=O) groups excluding carboxylic acids is 1. The molecule has 3 aliphatic rings. The summed E-state index contributed by atoms with van der Waals surface area (Å²) in [5.74, 6) is 0.429. The summed E-state index contributed by atoms with van der Waals surface area (Å²) in [5.41, 5.74) is 2.13. The van der Waals surface area contributed by atoms with E-state index >= 15 is 0 Å². The second-order valence-corrected chi connectivity index (χ2v) is 13.4. The maximum atomic E-state index is 13.6. The maximum absolute atomic E-state index is 13.6. The lowest BCUT2D eigenvalue weighted by Crippen LogP contribution is -2.52. The van der Waals surface area contributed by atoms with Crippen molar-refractivity contribution in [1.82, 2.24) is 9.62 Å². The minimum absolute atomic E-state index is 0.0320. The average molecular weight is 496 g/mol. The Balaban J connectivity index is 1.44. The summed E-state index contributed by atoms with van der Waals surface area (Å²) in [6.45, 7) is 8.34. The predicted octanol–water partition coefficient (Wildman–Crippen LogP) is 5.03. The van der Waals surface area contributed by atoms with E-state index in [4.69, 9.17) is 0 Å². The molecule has 1 aliphatic heterocycles. The van der Waals surface area contributed by atoms with Crippen LogP contribution in [0, 0.1) is 16.7 Å². The highest BCUT2D eigenvalue weighted by molar-refractivity contribution is 7.89. The molecule has 2 bridgehead atoms. The van der Waals surface area contributed by atoms with Crippen LogP contribution in [0.5, 0.6) is 0 Å². The van der Waals surface area contributed by atoms with Gasteiger partial charge in [-0.25, -0.2) is 8.42 Å². The summed E-state index contributed by atoms with van der Waals surface area (Å²) in [4.78, 5) is 13.6. The molecule has 2 aromatic rings. The Bertz CT molecular complexity index is 1200. The van der Waals surface area contributed by atoms with Crippen LogP contribution in [0.15, 0.2) is 53.4 Å². The van der Waals surface area contributed by atoms with Crippen molar-refractivity contribution in [3.8, 4) is 0 Å². The number of sulfonamides is 1. The molecule has 188 valence electrons. The van der Waals surface area contributed by atoms with Crippen LogP contribution in [0.4, 0.5) is 5.69 Å². The third-order valence-corrected chi connectivity index (χ3v) is 10.7. The van der Waals surface area contributed by atoms with Gasteiger partial charge >= 0.3 is 0 Å². The number of fused-ring (bicyclic) bond motifs is 2. The topological polar surface area (TPSA) is 78.5 Å². The first-order chi connectivity index (χ1) is 16.6. The van der Waals surface area contributed by atoms with E-state index in [9.17, 15) is 13.2 Å². The molecule has 2 aliphatic carbocycles. The number of amides is 1. The number of hydrogen-bond donors (Lipinski definition) is 2. The van der Waals surface area contributed by atoms with E-state index < -0.39 is 10.0 Å². The van der Waals surface area contributed by atoms with Crippen molar-refractivity contribution in [2.75, 3.05) is 18.4 Å². The molecule has 2 unspecified atom stereocenters. The van der Waals surface area contributed by atoms with Crippen molar-refractivity contribution in [2.45, 2.75) is 70.4 Å². The Morgan fingerprint density at radius 1 is 1.06 bits per heavy atom. The number of benzene rings is 2. The Kier molecular flexibility index (Phi) is 6.20. The minimum atomic E-state index is -3.71. The van der Waals surface area contributed by atoms with E-state index in [1.807, 2.05) is 30.3 Å². The van der Waals surface area contributed by atoms with E-state index in [1.54, 1.807) is 18.2 Å². The Labute approximate surface area is 209 Å². The number of hydrogen-bond acceptors (Lipinski definition) is 4. The van der Waals surface area contributed by atoms with E-state index in [1.165, 1.54) is 10.7 Å². The fraction of sp³-hybridized carbons (Fsp3) is 0.536. The standard InChI is InChI=1S/C28H37N3O3S/c1-27(2)22-13-14-28(3,18-22)26(27)30-25(32)21-11-12-23(29-19-20-9-5-4-6-10-20)24(17-21)35(33,34)31-15-7-8-16-31/h4-6,9-12,17,22,26,29H,7-8,13-16,18-19H2,1-3H3,(H,30,32)/t22-,26?,28?/m1/s1. The van der Waals surface area contributed by atoms with Gasteiger partial charge in [0, 0.05) is 31.2 Å². The highest BCUT2D eigenvalue weighted by atomic mass is 32.2. The van der Waals surface area contributed by atoms with Crippen LogP contribution in [0.2, 0.25) is 0 Å². The predicted molar refractivity (Wildman–Crippen MR) is 139 cm³/mol. The van der Waals surface area contributed by atoms with Crippen molar-refractivity contribution in [2.24, 2.45) is 16.7 Å². The van der Waals surface area contributed by atoms with Gasteiger partial charge in [0.2, 0.25) is 10.0 Å². The van der Waals surface area contributed by atoms with Crippen LogP contribution in [0.1, 0.15) is 68.8 Å². The highest BCUT2D eigenvalue weighted by Gasteiger charge is 2.59. The largest absolute Gasteiger partial charge is 0.380 e. The van der Waals surface area contributed by atoms with Gasteiger partial charge in [0.25, 0.3) is 5.91 Å². The molecule has 3 atom stereocenters. The van der Waals surface area contributed by atoms with Crippen LogP contribution in [-0.2, 0) is 16.6 Å². The molecule has 6 nitrogen and oxygen atoms in total. The summed E-state index contributed by atoms with van der Waals surface area (Å²) < 4.78 is 28.7. The average Bonchev–Trinajstić information content (AvgIpc) is 3.56. The Morgan fingerprint density at radius 2 is 1.77 bits per heavy atom. The molecule has 1 saturated heterocycles. The summed E-state index contributed by atoms with van der Waals surface area (Å²) in [5, 5.41) is 6.62. The number of nitrogens with one attached hydrogen (secondary N) is 2. The molecule has 0 spiro atoms. The fourth-order valence-electron chi connectivity index (χ4n) is 6.76. The smallest absolute Gasteiger partial charge is 0.251 e. The van der Waals surface area contributed by atoms with Crippen molar-refractivity contribution in [1.29, 1.82) is 0 Å². The molecule has 1 heterocycles. The molecule has 2 N–H and O–H groups in total. The molecular weight excluding hydrogens is 458 g/mol. The van der Waals surface area contributed by atoms with Crippen LogP contribution < -0.4 is 10.6 Å². The van der Waals surface area contributed by atoms with Crippen LogP contribution in [0.3, 0.4) is 0 Å². The molecule has 35 heavy (non-hydrogen) atoms. The molecule has 5 rings (SSSR count). The molecule has 3 fully saturated rings. The monoisotopic (exact) mass is 495 g/mol. The van der Waals surface area contributed by atoms with Gasteiger partial charge in [0.05, 0.1) is 5.69 Å². The maximum Gasteiger partial charge on any atom is 0.251 e. The van der Waals surface area contributed by atoms with Gasteiger partial charge in [0.1, 0.15) is 4.90 Å². The van der Waals surface area contributed by atoms with Gasteiger partial charge in [-0.1, -0.05) is 51.1 Å². The molecule has 0 aromatic heterocycles. The molecule has 2 saturated carbocycles. The van der Waals surface area contributed by atoms with Gasteiger partial charge in [-0.2, -0.15) is 4.31 Å². The third kappa shape index (κ3) is 4.38. The molecule has 7 heteroatoms. The first-order valence-electron chi connectivity index (χ1n) is 12.8. The molecule has 1 amide bonds. The highest BCUT2D eigenvalue weighted by Crippen LogP contribution is 2.62. The van der Waals surface area contributed by atoms with Gasteiger partial charge in [-0.05, 0) is 72.6 Å². The van der Waals surface area contributed by atoms with E-state index in [0.29, 0.717) is 36.8 Å². The van der Waals surface area contributed by atoms with Gasteiger partial charge in [-0.3, -0.25) is 4.79 Å². The first-order valence-corrected chi connectivity index (χ1v) is 14.3. The van der Waals surface area contributed by atoms with Crippen LogP contribution >= 0.6 is 0 Å². The summed E-state index contributed by atoms with van der Waals surface area (Å²) >= 11 is 0. The molecular formula is C28H37N3O3S. The lowest BCUT2D eigenvalue weighted by Gasteiger charge is -2.43. The second kappa shape index (κ2) is 8.93. The zero-order valence-corrected chi connectivity index (χ0v) is 21.8. The van der Waals surface area contributed by atoms with Crippen LogP contribution in [-0.4, -0.2) is 37.8 Å². The summed E-state index contributed by atoms with van der Waals surface area (Å²) in [6.07, 6.45) is 5.21. The lowest BCUT2D eigenvalue weighted by molar-refractivity contribution is 0.0737. The number of rotatable bonds is 7. The van der Waals surface area contributed by atoms with E-state index in [0.717, 1.165) is 31.2 Å². The zero-order chi connectivity index (χ0) is 24.8. The van der Waals surface area contributed by atoms with Crippen molar-refractivity contribution in [3.05, 3.63) is 59.7 Å². The number of anilines is 1. The normalized spacial score (nSPS) is 27.7. The Hall–Kier alpha value is -2.38. The second-order valence-electron chi connectivity index (χ2n) is 11.5. The minimum Gasteiger partial charge on any atom is -0.380 e. The number of nitrogens with zero attached hydrogens (tertiary/aromatic N) is 1.